The molecule has 0 amide bonds. The van der Waals surface area contributed by atoms with E-state index in [9.17, 15) is 0 Å². The lowest BCUT2D eigenvalue weighted by Crippen LogP contribution is -2.11. The molecule has 0 fully saturated rings. The fourth-order valence-corrected chi connectivity index (χ4v) is 2.31. The first kappa shape index (κ1) is 14.1. The van der Waals surface area contributed by atoms with Crippen LogP contribution in [0.5, 0.6) is 5.75 Å². The van der Waals surface area contributed by atoms with Gasteiger partial charge in [0.1, 0.15) is 5.75 Å². The molecule has 2 aromatic rings. The molecule has 1 aromatic heterocycles. The number of ether oxygens (including phenoxy) is 1. The summed E-state index contributed by atoms with van der Waals surface area (Å²) in [5.41, 5.74) is 2.28. The molecule has 0 saturated carbocycles. The Hall–Kier alpha value is -1.33. The van der Waals surface area contributed by atoms with Crippen LogP contribution in [0, 0.1) is 0 Å². The molecule has 102 valence electrons. The third-order valence-corrected chi connectivity index (χ3v) is 3.65. The van der Waals surface area contributed by atoms with E-state index in [0.29, 0.717) is 12.6 Å². The molecule has 4 nitrogen and oxygen atoms in total. The number of halogens is 1. The maximum Gasteiger partial charge on any atom is 0.124 e. The van der Waals surface area contributed by atoms with Gasteiger partial charge in [-0.05, 0) is 32.2 Å². The highest BCUT2D eigenvalue weighted by atomic mass is 79.9. The molecule has 0 aliphatic carbocycles. The molecular formula is C14H18BrN3O. The van der Waals surface area contributed by atoms with E-state index in [1.807, 2.05) is 30.1 Å². The first-order valence-electron chi connectivity index (χ1n) is 6.16. The van der Waals surface area contributed by atoms with Gasteiger partial charge in [0.25, 0.3) is 0 Å². The summed E-state index contributed by atoms with van der Waals surface area (Å²) in [6.07, 6.45) is 3.95. The predicted octanol–water partition coefficient (Wildman–Crippen LogP) is 2.98. The molecule has 1 unspecified atom stereocenters. The number of hydrogen-bond acceptors (Lipinski definition) is 3. The van der Waals surface area contributed by atoms with Gasteiger partial charge in [0.05, 0.1) is 19.9 Å². The Morgan fingerprint density at radius 3 is 2.95 bits per heavy atom. The highest BCUT2D eigenvalue weighted by Crippen LogP contribution is 2.24. The van der Waals surface area contributed by atoms with Gasteiger partial charge < -0.3 is 10.1 Å². The minimum Gasteiger partial charge on any atom is -0.496 e. The van der Waals surface area contributed by atoms with Crippen molar-refractivity contribution in [1.29, 1.82) is 0 Å². The lowest BCUT2D eigenvalue weighted by molar-refractivity contribution is 0.407. The molecule has 2 rings (SSSR count). The number of hydrogen-bond donors (Lipinski definition) is 1. The van der Waals surface area contributed by atoms with Crippen molar-refractivity contribution >= 4 is 15.9 Å². The Labute approximate surface area is 121 Å². The Bertz CT molecular complexity index is 553. The SMILES string of the molecule is CNC(C)c1cnn(Cc2cc(Br)ccc2OC)c1. The Balaban J connectivity index is 2.21. The Morgan fingerprint density at radius 2 is 2.26 bits per heavy atom. The van der Waals surface area contributed by atoms with E-state index >= 15 is 0 Å². The zero-order chi connectivity index (χ0) is 13.8. The summed E-state index contributed by atoms with van der Waals surface area (Å²) in [6, 6.07) is 6.29. The lowest BCUT2D eigenvalue weighted by Gasteiger charge is -2.09. The van der Waals surface area contributed by atoms with Crippen molar-refractivity contribution in [3.05, 3.63) is 46.2 Å². The van der Waals surface area contributed by atoms with E-state index in [2.05, 4.69) is 45.5 Å². The molecule has 0 saturated heterocycles. The standard InChI is InChI=1S/C14H18BrN3O/c1-10(16-2)12-7-17-18(9-12)8-11-6-13(15)4-5-14(11)19-3/h4-7,9-10,16H,8H2,1-3H3. The van der Waals surface area contributed by atoms with Crippen LogP contribution in [0.25, 0.3) is 0 Å². The van der Waals surface area contributed by atoms with Gasteiger partial charge in [-0.25, -0.2) is 0 Å². The number of methoxy groups -OCH3 is 1. The average Bonchev–Trinajstić information content (AvgIpc) is 2.86. The van der Waals surface area contributed by atoms with Crippen LogP contribution < -0.4 is 10.1 Å². The molecule has 1 aromatic carbocycles. The Kier molecular flexibility index (Phi) is 4.61. The maximum absolute atomic E-state index is 5.37. The number of nitrogens with zero attached hydrogens (tertiary/aromatic N) is 2. The summed E-state index contributed by atoms with van der Waals surface area (Å²) in [4.78, 5) is 0. The number of nitrogens with one attached hydrogen (secondary N) is 1. The summed E-state index contributed by atoms with van der Waals surface area (Å²) in [7, 11) is 3.63. The highest BCUT2D eigenvalue weighted by Gasteiger charge is 2.08. The smallest absolute Gasteiger partial charge is 0.124 e. The number of rotatable bonds is 5. The van der Waals surface area contributed by atoms with Crippen LogP contribution in [0.1, 0.15) is 24.1 Å². The molecule has 0 radical (unpaired) electrons. The molecule has 5 heteroatoms. The lowest BCUT2D eigenvalue weighted by atomic mass is 10.2. The van der Waals surface area contributed by atoms with E-state index in [0.717, 1.165) is 15.8 Å². The largest absolute Gasteiger partial charge is 0.496 e. The van der Waals surface area contributed by atoms with E-state index in [1.54, 1.807) is 7.11 Å². The van der Waals surface area contributed by atoms with Crippen molar-refractivity contribution in [3.8, 4) is 5.75 Å². The third-order valence-electron chi connectivity index (χ3n) is 3.16. The van der Waals surface area contributed by atoms with Gasteiger partial charge in [-0.3, -0.25) is 4.68 Å². The monoisotopic (exact) mass is 323 g/mol. The summed E-state index contributed by atoms with van der Waals surface area (Å²) in [6.45, 7) is 2.81. The molecule has 1 N–H and O–H groups in total. The van der Waals surface area contributed by atoms with Crippen LogP contribution in [0.4, 0.5) is 0 Å². The molecule has 19 heavy (non-hydrogen) atoms. The summed E-state index contributed by atoms with van der Waals surface area (Å²) >= 11 is 3.48. The van der Waals surface area contributed by atoms with Gasteiger partial charge in [-0.1, -0.05) is 15.9 Å². The fraction of sp³-hybridized carbons (Fsp3) is 0.357. The fourth-order valence-electron chi connectivity index (χ4n) is 1.90. The van der Waals surface area contributed by atoms with Crippen molar-refractivity contribution in [1.82, 2.24) is 15.1 Å². The molecule has 0 aliphatic rings. The Morgan fingerprint density at radius 1 is 1.47 bits per heavy atom. The first-order chi connectivity index (χ1) is 9.13. The second-order valence-electron chi connectivity index (χ2n) is 4.44. The third kappa shape index (κ3) is 3.36. The minimum absolute atomic E-state index is 0.304. The van der Waals surface area contributed by atoms with Crippen molar-refractivity contribution in [2.75, 3.05) is 14.2 Å². The minimum atomic E-state index is 0.304. The second-order valence-corrected chi connectivity index (χ2v) is 5.35. The van der Waals surface area contributed by atoms with Crippen LogP contribution in [0.15, 0.2) is 35.1 Å². The zero-order valence-corrected chi connectivity index (χ0v) is 12.9. The van der Waals surface area contributed by atoms with E-state index in [4.69, 9.17) is 4.74 Å². The molecule has 1 atom stereocenters. The van der Waals surface area contributed by atoms with Gasteiger partial charge in [0.2, 0.25) is 0 Å². The van der Waals surface area contributed by atoms with Crippen LogP contribution in [-0.2, 0) is 6.54 Å². The van der Waals surface area contributed by atoms with Crippen molar-refractivity contribution in [3.63, 3.8) is 0 Å². The highest BCUT2D eigenvalue weighted by molar-refractivity contribution is 9.10. The molecular weight excluding hydrogens is 306 g/mol. The molecule has 0 spiro atoms. The van der Waals surface area contributed by atoms with Gasteiger partial charge >= 0.3 is 0 Å². The first-order valence-corrected chi connectivity index (χ1v) is 6.95. The van der Waals surface area contributed by atoms with Gasteiger partial charge in [-0.15, -0.1) is 0 Å². The van der Waals surface area contributed by atoms with Gasteiger partial charge in [-0.2, -0.15) is 5.10 Å². The second kappa shape index (κ2) is 6.21. The van der Waals surface area contributed by atoms with E-state index in [-0.39, 0.29) is 0 Å². The van der Waals surface area contributed by atoms with Crippen LogP contribution in [0.2, 0.25) is 0 Å². The van der Waals surface area contributed by atoms with E-state index < -0.39 is 0 Å². The quantitative estimate of drug-likeness (QED) is 0.919. The van der Waals surface area contributed by atoms with Crippen molar-refractivity contribution in [2.45, 2.75) is 19.5 Å². The summed E-state index contributed by atoms with van der Waals surface area (Å²) in [5, 5.41) is 7.60. The zero-order valence-electron chi connectivity index (χ0n) is 11.4. The number of aromatic nitrogens is 2. The normalized spacial score (nSPS) is 12.4. The summed E-state index contributed by atoms with van der Waals surface area (Å²) < 4.78 is 8.34. The van der Waals surface area contributed by atoms with Gasteiger partial charge in [0.15, 0.2) is 0 Å². The number of benzene rings is 1. The van der Waals surface area contributed by atoms with Crippen LogP contribution >= 0.6 is 15.9 Å². The summed E-state index contributed by atoms with van der Waals surface area (Å²) in [5.74, 6) is 0.877. The van der Waals surface area contributed by atoms with E-state index in [1.165, 1.54) is 5.56 Å². The predicted molar refractivity (Wildman–Crippen MR) is 79.5 cm³/mol. The van der Waals surface area contributed by atoms with Crippen LogP contribution in [-0.4, -0.2) is 23.9 Å². The van der Waals surface area contributed by atoms with Crippen molar-refractivity contribution < 1.29 is 4.74 Å². The van der Waals surface area contributed by atoms with Crippen molar-refractivity contribution in [2.24, 2.45) is 0 Å². The topological polar surface area (TPSA) is 39.1 Å². The van der Waals surface area contributed by atoms with Crippen LogP contribution in [0.3, 0.4) is 0 Å². The molecule has 0 bridgehead atoms. The molecule has 0 aliphatic heterocycles. The average molecular weight is 324 g/mol. The molecule has 1 heterocycles. The van der Waals surface area contributed by atoms with Gasteiger partial charge in [0, 0.05) is 27.8 Å². The maximum atomic E-state index is 5.37.